The fourth-order valence-electron chi connectivity index (χ4n) is 2.23. The highest BCUT2D eigenvalue weighted by Crippen LogP contribution is 2.12. The summed E-state index contributed by atoms with van der Waals surface area (Å²) in [4.78, 5) is 14.2. The van der Waals surface area contributed by atoms with E-state index >= 15 is 0 Å². The first kappa shape index (κ1) is 16.2. The van der Waals surface area contributed by atoms with Crippen LogP contribution in [-0.4, -0.2) is 23.9 Å². The highest BCUT2D eigenvalue weighted by molar-refractivity contribution is 5.94. The summed E-state index contributed by atoms with van der Waals surface area (Å²) in [5.41, 5.74) is 2.73. The molecule has 116 valence electrons. The van der Waals surface area contributed by atoms with Gasteiger partial charge in [0.05, 0.1) is 6.04 Å². The van der Waals surface area contributed by atoms with Gasteiger partial charge in [-0.15, -0.1) is 0 Å². The largest absolute Gasteiger partial charge is 0.325 e. The summed E-state index contributed by atoms with van der Waals surface area (Å²) in [5, 5.41) is 2.91. The average molecular weight is 300 g/mol. The van der Waals surface area contributed by atoms with Crippen molar-refractivity contribution in [3.63, 3.8) is 0 Å². The number of benzene rings is 2. The smallest absolute Gasteiger partial charge is 0.241 e. The van der Waals surface area contributed by atoms with Gasteiger partial charge in [0.25, 0.3) is 0 Å². The molecule has 1 atom stereocenters. The van der Waals surface area contributed by atoms with Crippen molar-refractivity contribution in [1.29, 1.82) is 0 Å². The zero-order chi connectivity index (χ0) is 16.1. The van der Waals surface area contributed by atoms with E-state index in [9.17, 15) is 9.18 Å². The normalized spacial score (nSPS) is 12.2. The van der Waals surface area contributed by atoms with Crippen LogP contribution < -0.4 is 5.32 Å². The number of nitrogens with one attached hydrogen (secondary N) is 1. The summed E-state index contributed by atoms with van der Waals surface area (Å²) >= 11 is 0. The summed E-state index contributed by atoms with van der Waals surface area (Å²) in [7, 11) is 1.85. The molecule has 0 heterocycles. The second-order valence-corrected chi connectivity index (χ2v) is 5.58. The van der Waals surface area contributed by atoms with Crippen molar-refractivity contribution in [3.05, 3.63) is 65.5 Å². The molecular weight excluding hydrogens is 279 g/mol. The molecule has 2 aromatic carbocycles. The van der Waals surface area contributed by atoms with Crippen molar-refractivity contribution in [3.8, 4) is 0 Å². The van der Waals surface area contributed by atoms with Crippen molar-refractivity contribution < 1.29 is 9.18 Å². The third-order valence-corrected chi connectivity index (χ3v) is 3.65. The third kappa shape index (κ3) is 4.40. The number of hydrogen-bond acceptors (Lipinski definition) is 2. The number of amides is 1. The average Bonchev–Trinajstić information content (AvgIpc) is 2.46. The van der Waals surface area contributed by atoms with Crippen molar-refractivity contribution in [2.75, 3.05) is 12.4 Å². The maximum atomic E-state index is 13.2. The van der Waals surface area contributed by atoms with Crippen molar-refractivity contribution in [1.82, 2.24) is 4.90 Å². The van der Waals surface area contributed by atoms with Gasteiger partial charge in [-0.1, -0.05) is 24.3 Å². The number of carbonyl (C=O) groups excluding carboxylic acids is 1. The first-order valence-corrected chi connectivity index (χ1v) is 7.28. The van der Waals surface area contributed by atoms with Crippen LogP contribution in [0.4, 0.5) is 10.1 Å². The van der Waals surface area contributed by atoms with E-state index in [-0.39, 0.29) is 17.8 Å². The molecule has 0 aliphatic heterocycles. The van der Waals surface area contributed by atoms with Gasteiger partial charge in [0.2, 0.25) is 5.91 Å². The summed E-state index contributed by atoms with van der Waals surface area (Å²) in [6.45, 7) is 4.33. The number of nitrogens with zero attached hydrogens (tertiary/aromatic N) is 1. The minimum Gasteiger partial charge on any atom is -0.325 e. The molecule has 2 rings (SSSR count). The molecule has 0 saturated heterocycles. The first-order chi connectivity index (χ1) is 10.5. The third-order valence-electron chi connectivity index (χ3n) is 3.65. The summed E-state index contributed by atoms with van der Waals surface area (Å²) in [6, 6.07) is 13.8. The SMILES string of the molecule is Cc1cccc(NC(=O)C(C)N(C)Cc2cccc(F)c2)c1. The number of aryl methyl sites for hydroxylation is 1. The Balaban J connectivity index is 1.97. The molecule has 0 fully saturated rings. The van der Waals surface area contributed by atoms with Gasteiger partial charge in [-0.3, -0.25) is 9.69 Å². The molecule has 0 bridgehead atoms. The second-order valence-electron chi connectivity index (χ2n) is 5.58. The van der Waals surface area contributed by atoms with E-state index in [0.717, 1.165) is 16.8 Å². The van der Waals surface area contributed by atoms with Gasteiger partial charge in [-0.2, -0.15) is 0 Å². The van der Waals surface area contributed by atoms with Crippen LogP contribution in [0.5, 0.6) is 0 Å². The maximum absolute atomic E-state index is 13.2. The van der Waals surface area contributed by atoms with Gasteiger partial charge in [-0.25, -0.2) is 4.39 Å². The lowest BCUT2D eigenvalue weighted by Gasteiger charge is -2.24. The van der Waals surface area contributed by atoms with Crippen LogP contribution in [0.3, 0.4) is 0 Å². The van der Waals surface area contributed by atoms with Gasteiger partial charge < -0.3 is 5.32 Å². The lowest BCUT2D eigenvalue weighted by atomic mass is 10.1. The number of hydrogen-bond donors (Lipinski definition) is 1. The van der Waals surface area contributed by atoms with Gasteiger partial charge in [0.1, 0.15) is 5.82 Å². The first-order valence-electron chi connectivity index (χ1n) is 7.28. The highest BCUT2D eigenvalue weighted by atomic mass is 19.1. The topological polar surface area (TPSA) is 32.3 Å². The van der Waals surface area contributed by atoms with Crippen molar-refractivity contribution >= 4 is 11.6 Å². The molecular formula is C18H21FN2O. The van der Waals surface area contributed by atoms with Crippen LogP contribution >= 0.6 is 0 Å². The summed E-state index contributed by atoms with van der Waals surface area (Å²) in [5.74, 6) is -0.340. The Kier molecular flexibility index (Phi) is 5.28. The zero-order valence-corrected chi connectivity index (χ0v) is 13.1. The van der Waals surface area contributed by atoms with E-state index in [4.69, 9.17) is 0 Å². The quantitative estimate of drug-likeness (QED) is 0.915. The van der Waals surface area contributed by atoms with E-state index in [0.29, 0.717) is 6.54 Å². The molecule has 0 radical (unpaired) electrons. The van der Waals surface area contributed by atoms with Crippen LogP contribution in [0, 0.1) is 12.7 Å². The van der Waals surface area contributed by atoms with Gasteiger partial charge in [0, 0.05) is 12.2 Å². The lowest BCUT2D eigenvalue weighted by Crippen LogP contribution is -2.39. The van der Waals surface area contributed by atoms with Crippen LogP contribution in [-0.2, 0) is 11.3 Å². The molecule has 1 N–H and O–H groups in total. The van der Waals surface area contributed by atoms with E-state index in [2.05, 4.69) is 5.32 Å². The Hall–Kier alpha value is -2.20. The second kappa shape index (κ2) is 7.18. The molecule has 1 unspecified atom stereocenters. The van der Waals surface area contributed by atoms with Gasteiger partial charge >= 0.3 is 0 Å². The summed E-state index contributed by atoms with van der Waals surface area (Å²) < 4.78 is 13.2. The molecule has 0 saturated carbocycles. The molecule has 0 aliphatic carbocycles. The fraction of sp³-hybridized carbons (Fsp3) is 0.278. The molecule has 4 heteroatoms. The standard InChI is InChI=1S/C18H21FN2O/c1-13-6-4-9-17(10-13)20-18(22)14(2)21(3)12-15-7-5-8-16(19)11-15/h4-11,14H,12H2,1-3H3,(H,20,22). The molecule has 22 heavy (non-hydrogen) atoms. The molecule has 0 aromatic heterocycles. The van der Waals surface area contributed by atoms with Gasteiger partial charge in [-0.05, 0) is 56.3 Å². The number of halogens is 1. The minimum absolute atomic E-state index is 0.0792. The molecule has 0 spiro atoms. The Bertz CT molecular complexity index is 657. The molecule has 3 nitrogen and oxygen atoms in total. The van der Waals surface area contributed by atoms with Crippen LogP contribution in [0.1, 0.15) is 18.1 Å². The van der Waals surface area contributed by atoms with Gasteiger partial charge in [0.15, 0.2) is 0 Å². The number of rotatable bonds is 5. The van der Waals surface area contributed by atoms with Crippen molar-refractivity contribution in [2.45, 2.75) is 26.4 Å². The monoisotopic (exact) mass is 300 g/mol. The van der Waals surface area contributed by atoms with Crippen molar-refractivity contribution in [2.24, 2.45) is 0 Å². The molecule has 1 amide bonds. The lowest BCUT2D eigenvalue weighted by molar-refractivity contribution is -0.120. The summed E-state index contributed by atoms with van der Waals surface area (Å²) in [6.07, 6.45) is 0. The van der Waals surface area contributed by atoms with Crippen LogP contribution in [0.15, 0.2) is 48.5 Å². The Morgan fingerprint density at radius 3 is 2.64 bits per heavy atom. The number of anilines is 1. The number of likely N-dealkylation sites (N-methyl/N-ethyl adjacent to an activating group) is 1. The molecule has 0 aliphatic rings. The van der Waals surface area contributed by atoms with E-state index in [1.807, 2.05) is 56.1 Å². The van der Waals surface area contributed by atoms with E-state index in [1.165, 1.54) is 12.1 Å². The van der Waals surface area contributed by atoms with Crippen LogP contribution in [0.2, 0.25) is 0 Å². The van der Waals surface area contributed by atoms with E-state index < -0.39 is 0 Å². The Morgan fingerprint density at radius 2 is 1.95 bits per heavy atom. The highest BCUT2D eigenvalue weighted by Gasteiger charge is 2.18. The molecule has 2 aromatic rings. The Labute approximate surface area is 130 Å². The fourth-order valence-corrected chi connectivity index (χ4v) is 2.23. The predicted molar refractivity (Wildman–Crippen MR) is 87.1 cm³/mol. The zero-order valence-electron chi connectivity index (χ0n) is 13.1. The minimum atomic E-state index is -0.316. The Morgan fingerprint density at radius 1 is 1.23 bits per heavy atom. The van der Waals surface area contributed by atoms with Crippen LogP contribution in [0.25, 0.3) is 0 Å². The van der Waals surface area contributed by atoms with E-state index in [1.54, 1.807) is 6.07 Å². The predicted octanol–water partition coefficient (Wildman–Crippen LogP) is 3.59. The number of carbonyl (C=O) groups is 1. The maximum Gasteiger partial charge on any atom is 0.241 e.